The third-order valence-electron chi connectivity index (χ3n) is 4.62. The molecule has 0 saturated carbocycles. The fourth-order valence-electron chi connectivity index (χ4n) is 3.22. The molecule has 0 saturated heterocycles. The summed E-state index contributed by atoms with van der Waals surface area (Å²) in [4.78, 5) is 22.8. The van der Waals surface area contributed by atoms with Crippen molar-refractivity contribution in [3.63, 3.8) is 0 Å². The van der Waals surface area contributed by atoms with Gasteiger partial charge in [-0.2, -0.15) is 0 Å². The van der Waals surface area contributed by atoms with Gasteiger partial charge >= 0.3 is 0 Å². The molecule has 0 aliphatic heterocycles. The van der Waals surface area contributed by atoms with Crippen LogP contribution in [0.4, 0.5) is 0 Å². The number of methoxy groups -OCH3 is 1. The topological polar surface area (TPSA) is 57.0 Å². The van der Waals surface area contributed by atoms with E-state index in [2.05, 4.69) is 9.97 Å². The van der Waals surface area contributed by atoms with Crippen LogP contribution in [0, 0.1) is 6.92 Å². The molecular weight excluding hydrogens is 370 g/mol. The van der Waals surface area contributed by atoms with Crippen molar-refractivity contribution in [2.24, 2.45) is 7.05 Å². The Morgan fingerprint density at radius 2 is 1.71 bits per heavy atom. The van der Waals surface area contributed by atoms with E-state index < -0.39 is 0 Å². The van der Waals surface area contributed by atoms with E-state index in [1.165, 1.54) is 11.3 Å². The number of rotatable bonds is 4. The molecule has 6 heteroatoms. The lowest BCUT2D eigenvalue weighted by Crippen LogP contribution is -2.21. The Bertz CT molecular complexity index is 1180. The van der Waals surface area contributed by atoms with E-state index in [-0.39, 0.29) is 5.56 Å². The van der Waals surface area contributed by atoms with Gasteiger partial charge in [-0.3, -0.25) is 9.78 Å². The summed E-state index contributed by atoms with van der Waals surface area (Å²) in [6.45, 7) is 1.99. The van der Waals surface area contributed by atoms with E-state index in [1.54, 1.807) is 37.3 Å². The van der Waals surface area contributed by atoms with Gasteiger partial charge in [0.15, 0.2) is 0 Å². The number of benzene rings is 1. The number of pyridine rings is 2. The summed E-state index contributed by atoms with van der Waals surface area (Å²) in [5.74, 6) is 0.787. The Hall–Kier alpha value is -3.25. The molecule has 4 aromatic rings. The predicted molar refractivity (Wildman–Crippen MR) is 113 cm³/mol. The van der Waals surface area contributed by atoms with Crippen LogP contribution in [0.15, 0.2) is 65.8 Å². The second-order valence-corrected chi connectivity index (χ2v) is 7.66. The number of ether oxygens (including phenoxy) is 1. The van der Waals surface area contributed by atoms with Gasteiger partial charge in [0.1, 0.15) is 10.8 Å². The highest BCUT2D eigenvalue weighted by atomic mass is 32.1. The number of aromatic nitrogens is 3. The molecule has 3 heterocycles. The molecule has 5 nitrogen and oxygen atoms in total. The minimum Gasteiger partial charge on any atom is -0.497 e. The van der Waals surface area contributed by atoms with Crippen LogP contribution >= 0.6 is 11.3 Å². The van der Waals surface area contributed by atoms with E-state index in [1.807, 2.05) is 49.4 Å². The minimum absolute atomic E-state index is 0.0709. The number of thiazole rings is 1. The van der Waals surface area contributed by atoms with Crippen molar-refractivity contribution in [3.8, 4) is 38.7 Å². The van der Waals surface area contributed by atoms with Gasteiger partial charge in [-0.15, -0.1) is 11.3 Å². The first-order valence-electron chi connectivity index (χ1n) is 8.80. The fraction of sp³-hybridized carbons (Fsp3) is 0.136. The average molecular weight is 389 g/mol. The first-order valence-corrected chi connectivity index (χ1v) is 9.62. The van der Waals surface area contributed by atoms with Gasteiger partial charge in [-0.05, 0) is 42.8 Å². The standard InChI is InChI=1S/C22H19N3O2S/c1-14-13-24-21(28-14)19-12-18(15-4-6-17(27-3)7-5-15)20(25(2)22(19)26)16-8-10-23-11-9-16/h4-13H,1-3H3. The molecule has 0 radical (unpaired) electrons. The number of nitrogens with zero attached hydrogens (tertiary/aromatic N) is 3. The lowest BCUT2D eigenvalue weighted by Gasteiger charge is -2.16. The monoisotopic (exact) mass is 389 g/mol. The summed E-state index contributed by atoms with van der Waals surface area (Å²) in [6, 6.07) is 13.6. The summed E-state index contributed by atoms with van der Waals surface area (Å²) < 4.78 is 6.98. The zero-order valence-electron chi connectivity index (χ0n) is 15.8. The van der Waals surface area contributed by atoms with Crippen LogP contribution in [-0.2, 0) is 7.05 Å². The Balaban J connectivity index is 2.02. The van der Waals surface area contributed by atoms with Gasteiger partial charge in [-0.25, -0.2) is 4.98 Å². The van der Waals surface area contributed by atoms with E-state index in [4.69, 9.17) is 4.74 Å². The van der Waals surface area contributed by atoms with Gasteiger partial charge in [0, 0.05) is 41.6 Å². The Morgan fingerprint density at radius 3 is 2.32 bits per heavy atom. The zero-order valence-corrected chi connectivity index (χ0v) is 16.7. The van der Waals surface area contributed by atoms with Crippen LogP contribution in [0.5, 0.6) is 5.75 Å². The van der Waals surface area contributed by atoms with Gasteiger partial charge in [0.25, 0.3) is 5.56 Å². The number of hydrogen-bond acceptors (Lipinski definition) is 5. The summed E-state index contributed by atoms with van der Waals surface area (Å²) in [5.41, 5.74) is 4.26. The van der Waals surface area contributed by atoms with E-state index in [9.17, 15) is 4.79 Å². The Labute approximate surface area is 166 Å². The average Bonchev–Trinajstić information content (AvgIpc) is 3.16. The second-order valence-electron chi connectivity index (χ2n) is 6.42. The van der Waals surface area contributed by atoms with E-state index in [0.29, 0.717) is 5.56 Å². The van der Waals surface area contributed by atoms with E-state index in [0.717, 1.165) is 38.0 Å². The molecule has 0 N–H and O–H groups in total. The molecule has 0 aliphatic rings. The van der Waals surface area contributed by atoms with Crippen molar-refractivity contribution in [2.75, 3.05) is 7.11 Å². The van der Waals surface area contributed by atoms with Gasteiger partial charge in [0.05, 0.1) is 18.4 Å². The summed E-state index contributed by atoms with van der Waals surface area (Å²) in [6.07, 6.45) is 5.26. The Kier molecular flexibility index (Phi) is 4.79. The van der Waals surface area contributed by atoms with Crippen LogP contribution < -0.4 is 10.3 Å². The molecule has 0 unspecified atom stereocenters. The molecule has 4 rings (SSSR count). The van der Waals surface area contributed by atoms with Crippen molar-refractivity contribution in [1.82, 2.24) is 14.5 Å². The first-order chi connectivity index (χ1) is 13.6. The van der Waals surface area contributed by atoms with Crippen LogP contribution in [0.3, 0.4) is 0 Å². The largest absolute Gasteiger partial charge is 0.497 e. The third-order valence-corrected chi connectivity index (χ3v) is 5.57. The molecular formula is C22H19N3O2S. The van der Waals surface area contributed by atoms with Crippen molar-refractivity contribution >= 4 is 11.3 Å². The highest BCUT2D eigenvalue weighted by Crippen LogP contribution is 2.35. The molecule has 0 amide bonds. The van der Waals surface area contributed by atoms with Crippen molar-refractivity contribution in [2.45, 2.75) is 6.92 Å². The number of aryl methyl sites for hydroxylation is 1. The maximum absolute atomic E-state index is 13.2. The third kappa shape index (κ3) is 3.23. The maximum atomic E-state index is 13.2. The van der Waals surface area contributed by atoms with Crippen molar-refractivity contribution in [1.29, 1.82) is 0 Å². The predicted octanol–water partition coefficient (Wildman–Crippen LogP) is 4.55. The Morgan fingerprint density at radius 1 is 1.00 bits per heavy atom. The van der Waals surface area contributed by atoms with E-state index >= 15 is 0 Å². The van der Waals surface area contributed by atoms with Gasteiger partial charge < -0.3 is 9.30 Å². The summed E-state index contributed by atoms with van der Waals surface area (Å²) in [7, 11) is 3.45. The van der Waals surface area contributed by atoms with Crippen LogP contribution in [0.25, 0.3) is 33.0 Å². The molecule has 0 aliphatic carbocycles. The molecule has 0 bridgehead atoms. The van der Waals surface area contributed by atoms with Crippen LogP contribution in [-0.4, -0.2) is 21.6 Å². The molecule has 28 heavy (non-hydrogen) atoms. The van der Waals surface area contributed by atoms with Crippen LogP contribution in [0.1, 0.15) is 4.88 Å². The maximum Gasteiger partial charge on any atom is 0.261 e. The minimum atomic E-state index is -0.0709. The highest BCUT2D eigenvalue weighted by molar-refractivity contribution is 7.14. The van der Waals surface area contributed by atoms with Gasteiger partial charge in [-0.1, -0.05) is 12.1 Å². The SMILES string of the molecule is COc1ccc(-c2cc(-c3ncc(C)s3)c(=O)n(C)c2-c2ccncc2)cc1. The van der Waals surface area contributed by atoms with Gasteiger partial charge in [0.2, 0.25) is 0 Å². The normalized spacial score (nSPS) is 10.8. The molecule has 0 spiro atoms. The quantitative estimate of drug-likeness (QED) is 0.514. The van der Waals surface area contributed by atoms with Crippen LogP contribution in [0.2, 0.25) is 0 Å². The zero-order chi connectivity index (χ0) is 19.7. The molecule has 140 valence electrons. The summed E-state index contributed by atoms with van der Waals surface area (Å²) in [5, 5.41) is 0.731. The smallest absolute Gasteiger partial charge is 0.261 e. The van der Waals surface area contributed by atoms with Crippen molar-refractivity contribution in [3.05, 3.63) is 76.3 Å². The number of hydrogen-bond donors (Lipinski definition) is 0. The molecule has 1 aromatic carbocycles. The van der Waals surface area contributed by atoms with Crippen molar-refractivity contribution < 1.29 is 4.74 Å². The lowest BCUT2D eigenvalue weighted by atomic mass is 9.97. The fourth-order valence-corrected chi connectivity index (χ4v) is 3.99. The molecule has 0 fully saturated rings. The first kappa shape index (κ1) is 18.1. The lowest BCUT2D eigenvalue weighted by molar-refractivity contribution is 0.415. The summed E-state index contributed by atoms with van der Waals surface area (Å²) >= 11 is 1.52. The second kappa shape index (κ2) is 7.40. The highest BCUT2D eigenvalue weighted by Gasteiger charge is 2.18. The molecule has 3 aromatic heterocycles. The molecule has 0 atom stereocenters.